The normalized spacial score (nSPS) is 14.8. The van der Waals surface area contributed by atoms with Crippen molar-refractivity contribution in [1.29, 1.82) is 0 Å². The molecule has 7 heteroatoms. The molecule has 116 valence electrons. The van der Waals surface area contributed by atoms with E-state index < -0.39 is 11.7 Å². The zero-order chi connectivity index (χ0) is 15.9. The number of rotatable bonds is 1. The maximum atomic E-state index is 12.5. The van der Waals surface area contributed by atoms with Crippen LogP contribution in [0.1, 0.15) is 27.3 Å². The van der Waals surface area contributed by atoms with Gasteiger partial charge in [-0.15, -0.1) is 0 Å². The van der Waals surface area contributed by atoms with Crippen molar-refractivity contribution in [3.63, 3.8) is 0 Å². The summed E-state index contributed by atoms with van der Waals surface area (Å²) in [6.45, 7) is 0.940. The molecule has 0 saturated heterocycles. The summed E-state index contributed by atoms with van der Waals surface area (Å²) in [6.07, 6.45) is -2.03. The minimum Gasteiger partial charge on any atom is -0.336 e. The van der Waals surface area contributed by atoms with E-state index in [2.05, 4.69) is 4.98 Å². The Balaban J connectivity index is 1.79. The Bertz CT molecular complexity index is 704. The summed E-state index contributed by atoms with van der Waals surface area (Å²) in [5.41, 5.74) is 1.45. The topological polar surface area (TPSA) is 38.1 Å². The predicted molar refractivity (Wildman–Crippen MR) is 73.1 cm³/mol. The molecule has 1 amide bonds. The summed E-state index contributed by atoms with van der Waals surface area (Å²) in [5.74, 6) is -0.263. The Hall–Kier alpha value is -2.31. The number of hydrogen-bond donors (Lipinski definition) is 0. The highest BCUT2D eigenvalue weighted by atomic mass is 19.4. The third kappa shape index (κ3) is 2.58. The molecule has 0 unspecified atom stereocenters. The molecule has 0 atom stereocenters. The van der Waals surface area contributed by atoms with Gasteiger partial charge in [-0.2, -0.15) is 13.2 Å². The molecule has 3 rings (SSSR count). The van der Waals surface area contributed by atoms with E-state index in [1.54, 1.807) is 11.2 Å². The molecule has 0 radical (unpaired) electrons. The molecule has 1 aromatic heterocycles. The lowest BCUT2D eigenvalue weighted by molar-refractivity contribution is -0.137. The summed E-state index contributed by atoms with van der Waals surface area (Å²) >= 11 is 0. The molecular weight excluding hydrogens is 295 g/mol. The fourth-order valence-electron chi connectivity index (χ4n) is 2.57. The molecule has 22 heavy (non-hydrogen) atoms. The Morgan fingerprint density at radius 3 is 2.55 bits per heavy atom. The lowest BCUT2D eigenvalue weighted by Gasteiger charge is -2.27. The Kier molecular flexibility index (Phi) is 3.42. The van der Waals surface area contributed by atoms with Gasteiger partial charge in [-0.1, -0.05) is 0 Å². The first kappa shape index (κ1) is 14.6. The molecular formula is C15H14F3N3O. The van der Waals surface area contributed by atoms with Gasteiger partial charge in [-0.3, -0.25) is 4.79 Å². The maximum absolute atomic E-state index is 12.5. The van der Waals surface area contributed by atoms with Crippen molar-refractivity contribution in [3.05, 3.63) is 53.1 Å². The molecule has 0 fully saturated rings. The van der Waals surface area contributed by atoms with Crippen LogP contribution in [0.2, 0.25) is 0 Å². The van der Waals surface area contributed by atoms with Gasteiger partial charge in [-0.05, 0) is 24.3 Å². The molecule has 2 heterocycles. The number of carbonyl (C=O) groups is 1. The summed E-state index contributed by atoms with van der Waals surface area (Å²) in [4.78, 5) is 18.3. The number of halogens is 3. The fraction of sp³-hybridized carbons (Fsp3) is 0.333. The highest BCUT2D eigenvalue weighted by Gasteiger charge is 2.31. The quantitative estimate of drug-likeness (QED) is 0.812. The Morgan fingerprint density at radius 1 is 1.23 bits per heavy atom. The third-order valence-corrected chi connectivity index (χ3v) is 3.85. The minimum absolute atomic E-state index is 0.263. The van der Waals surface area contributed by atoms with Gasteiger partial charge in [-0.25, -0.2) is 4.98 Å². The van der Waals surface area contributed by atoms with Crippen molar-refractivity contribution in [1.82, 2.24) is 14.5 Å². The molecule has 0 spiro atoms. The third-order valence-electron chi connectivity index (χ3n) is 3.85. The Morgan fingerprint density at radius 2 is 1.91 bits per heavy atom. The number of amides is 1. The standard InChI is InChI=1S/C15H14F3N3O/c1-20-9-19-12-6-7-21(8-13(12)20)14(22)10-2-4-11(5-3-10)15(16,17)18/h2-5,9H,6-8H2,1H3. The van der Waals surface area contributed by atoms with E-state index in [4.69, 9.17) is 0 Å². The van der Waals surface area contributed by atoms with Crippen LogP contribution in [-0.4, -0.2) is 26.9 Å². The first-order chi connectivity index (χ1) is 10.4. The van der Waals surface area contributed by atoms with Crippen molar-refractivity contribution < 1.29 is 18.0 Å². The SMILES string of the molecule is Cn1cnc2c1CN(C(=O)c1ccc(C(F)(F)F)cc1)CC2. The molecule has 0 bridgehead atoms. The lowest BCUT2D eigenvalue weighted by Crippen LogP contribution is -2.36. The van der Waals surface area contributed by atoms with E-state index >= 15 is 0 Å². The number of aryl methyl sites for hydroxylation is 1. The van der Waals surface area contributed by atoms with Crippen molar-refractivity contribution in [3.8, 4) is 0 Å². The van der Waals surface area contributed by atoms with E-state index in [1.807, 2.05) is 11.6 Å². The van der Waals surface area contributed by atoms with Crippen molar-refractivity contribution in [2.45, 2.75) is 19.1 Å². The maximum Gasteiger partial charge on any atom is 0.416 e. The molecule has 1 aliphatic rings. The zero-order valence-electron chi connectivity index (χ0n) is 11.9. The molecule has 4 nitrogen and oxygen atoms in total. The number of imidazole rings is 1. The van der Waals surface area contributed by atoms with Crippen LogP contribution in [-0.2, 0) is 26.2 Å². The fourth-order valence-corrected chi connectivity index (χ4v) is 2.57. The predicted octanol–water partition coefficient (Wildman–Crippen LogP) is 2.64. The average Bonchev–Trinajstić information content (AvgIpc) is 2.87. The largest absolute Gasteiger partial charge is 0.416 e. The summed E-state index contributed by atoms with van der Waals surface area (Å²) in [7, 11) is 1.86. The van der Waals surface area contributed by atoms with Crippen molar-refractivity contribution in [2.24, 2.45) is 7.05 Å². The molecule has 2 aromatic rings. The first-order valence-electron chi connectivity index (χ1n) is 6.82. The van der Waals surface area contributed by atoms with Crippen molar-refractivity contribution in [2.75, 3.05) is 6.54 Å². The first-order valence-corrected chi connectivity index (χ1v) is 6.82. The highest BCUT2D eigenvalue weighted by molar-refractivity contribution is 5.94. The van der Waals surface area contributed by atoms with Crippen LogP contribution in [0.4, 0.5) is 13.2 Å². The van der Waals surface area contributed by atoms with Gasteiger partial charge >= 0.3 is 6.18 Å². The van der Waals surface area contributed by atoms with Crippen LogP contribution >= 0.6 is 0 Å². The van der Waals surface area contributed by atoms with Gasteiger partial charge < -0.3 is 9.47 Å². The number of hydrogen-bond acceptors (Lipinski definition) is 2. The van der Waals surface area contributed by atoms with E-state index in [9.17, 15) is 18.0 Å². The van der Waals surface area contributed by atoms with E-state index in [-0.39, 0.29) is 11.5 Å². The van der Waals surface area contributed by atoms with E-state index in [0.717, 1.165) is 23.5 Å². The van der Waals surface area contributed by atoms with Crippen LogP contribution in [0.5, 0.6) is 0 Å². The Labute approximate surface area is 125 Å². The van der Waals surface area contributed by atoms with Gasteiger partial charge in [0.2, 0.25) is 0 Å². The minimum atomic E-state index is -4.39. The highest BCUT2D eigenvalue weighted by Crippen LogP contribution is 2.29. The number of benzene rings is 1. The number of aromatic nitrogens is 2. The van der Waals surface area contributed by atoms with Gasteiger partial charge in [0.1, 0.15) is 0 Å². The van der Waals surface area contributed by atoms with Crippen LogP contribution in [0, 0.1) is 0 Å². The van der Waals surface area contributed by atoms with Gasteiger partial charge in [0.15, 0.2) is 0 Å². The second-order valence-electron chi connectivity index (χ2n) is 5.30. The molecule has 0 saturated carbocycles. The number of alkyl halides is 3. The summed E-state index contributed by atoms with van der Waals surface area (Å²) in [5, 5.41) is 0. The smallest absolute Gasteiger partial charge is 0.336 e. The van der Waals surface area contributed by atoms with E-state index in [0.29, 0.717) is 19.5 Å². The molecule has 1 aliphatic heterocycles. The van der Waals surface area contributed by atoms with Crippen LogP contribution < -0.4 is 0 Å². The van der Waals surface area contributed by atoms with E-state index in [1.165, 1.54) is 12.1 Å². The van der Waals surface area contributed by atoms with Gasteiger partial charge in [0.05, 0.1) is 29.8 Å². The van der Waals surface area contributed by atoms with Crippen LogP contribution in [0.3, 0.4) is 0 Å². The zero-order valence-corrected chi connectivity index (χ0v) is 11.9. The van der Waals surface area contributed by atoms with Crippen LogP contribution in [0.25, 0.3) is 0 Å². The molecule has 1 aromatic carbocycles. The van der Waals surface area contributed by atoms with Gasteiger partial charge in [0, 0.05) is 25.6 Å². The van der Waals surface area contributed by atoms with Gasteiger partial charge in [0.25, 0.3) is 5.91 Å². The van der Waals surface area contributed by atoms with Crippen molar-refractivity contribution >= 4 is 5.91 Å². The number of fused-ring (bicyclic) bond motifs is 1. The molecule has 0 N–H and O–H groups in total. The second kappa shape index (κ2) is 5.15. The second-order valence-corrected chi connectivity index (χ2v) is 5.30. The molecule has 0 aliphatic carbocycles. The summed E-state index contributed by atoms with van der Waals surface area (Å²) in [6, 6.07) is 4.33. The summed E-state index contributed by atoms with van der Waals surface area (Å²) < 4.78 is 39.5. The monoisotopic (exact) mass is 309 g/mol. The number of carbonyl (C=O) groups excluding carboxylic acids is 1. The lowest BCUT2D eigenvalue weighted by atomic mass is 10.1. The average molecular weight is 309 g/mol. The number of nitrogens with zero attached hydrogens (tertiary/aromatic N) is 3. The van der Waals surface area contributed by atoms with Crippen LogP contribution in [0.15, 0.2) is 30.6 Å².